The third-order valence-electron chi connectivity index (χ3n) is 2.70. The molecule has 0 atom stereocenters. The fourth-order valence-corrected chi connectivity index (χ4v) is 2.61. The lowest BCUT2D eigenvalue weighted by molar-refractivity contribution is 0.0981. The highest BCUT2D eigenvalue weighted by Crippen LogP contribution is 2.10. The van der Waals surface area contributed by atoms with Gasteiger partial charge in [-0.15, -0.1) is 0 Å². The lowest BCUT2D eigenvalue weighted by Crippen LogP contribution is -2.10. The van der Waals surface area contributed by atoms with E-state index in [0.717, 1.165) is 11.4 Å². The Kier molecular flexibility index (Phi) is 5.02. The van der Waals surface area contributed by atoms with Crippen molar-refractivity contribution in [1.29, 1.82) is 0 Å². The van der Waals surface area contributed by atoms with Crippen molar-refractivity contribution >= 4 is 15.6 Å². The van der Waals surface area contributed by atoms with Crippen molar-refractivity contribution in [2.24, 2.45) is 0 Å². The molecule has 0 spiro atoms. The molecule has 0 saturated carbocycles. The summed E-state index contributed by atoms with van der Waals surface area (Å²) in [4.78, 5) is 16.1. The average molecular weight is 269 g/mol. The van der Waals surface area contributed by atoms with Crippen molar-refractivity contribution in [2.75, 3.05) is 11.5 Å². The molecular weight excluding hydrogens is 250 g/mol. The molecule has 0 aromatic carbocycles. The van der Waals surface area contributed by atoms with Gasteiger partial charge in [0.15, 0.2) is 5.78 Å². The molecular formula is C13H19NO3S. The van der Waals surface area contributed by atoms with E-state index in [1.165, 1.54) is 0 Å². The van der Waals surface area contributed by atoms with E-state index in [2.05, 4.69) is 4.98 Å². The molecule has 0 N–H and O–H groups in total. The zero-order valence-corrected chi connectivity index (χ0v) is 11.9. The zero-order chi connectivity index (χ0) is 13.8. The Labute approximate surface area is 108 Å². The second-order valence-electron chi connectivity index (χ2n) is 4.40. The standard InChI is InChI=1S/C13H19NO3S/c1-4-18(16,17)7-5-6-13(15)12-8-10(2)14-11(3)9-12/h8-9H,4-7H2,1-3H3. The average Bonchev–Trinajstić information content (AvgIpc) is 2.27. The summed E-state index contributed by atoms with van der Waals surface area (Å²) in [5.74, 6) is 0.197. The number of sulfone groups is 1. The minimum absolute atomic E-state index is 0.0186. The summed E-state index contributed by atoms with van der Waals surface area (Å²) < 4.78 is 22.6. The number of carbonyl (C=O) groups excluding carboxylic acids is 1. The first-order valence-corrected chi connectivity index (χ1v) is 7.85. The molecule has 1 rings (SSSR count). The summed E-state index contributed by atoms with van der Waals surface area (Å²) in [7, 11) is -2.98. The van der Waals surface area contributed by atoms with Crippen LogP contribution in [0.1, 0.15) is 41.5 Å². The third kappa shape index (κ3) is 4.56. The molecule has 0 aliphatic carbocycles. The van der Waals surface area contributed by atoms with Gasteiger partial charge in [0.05, 0.1) is 5.75 Å². The molecule has 0 aliphatic heterocycles. The van der Waals surface area contributed by atoms with E-state index in [-0.39, 0.29) is 23.7 Å². The van der Waals surface area contributed by atoms with Crippen LogP contribution in [0.15, 0.2) is 12.1 Å². The first-order valence-electron chi connectivity index (χ1n) is 6.03. The van der Waals surface area contributed by atoms with E-state index < -0.39 is 9.84 Å². The smallest absolute Gasteiger partial charge is 0.163 e. The number of ketones is 1. The van der Waals surface area contributed by atoms with Gasteiger partial charge in [-0.2, -0.15) is 0 Å². The van der Waals surface area contributed by atoms with Crippen LogP contribution in [0.3, 0.4) is 0 Å². The van der Waals surface area contributed by atoms with E-state index in [1.54, 1.807) is 19.1 Å². The third-order valence-corrected chi connectivity index (χ3v) is 4.49. The number of aryl methyl sites for hydroxylation is 2. The molecule has 0 aliphatic rings. The van der Waals surface area contributed by atoms with E-state index in [0.29, 0.717) is 12.0 Å². The zero-order valence-electron chi connectivity index (χ0n) is 11.1. The maximum atomic E-state index is 11.9. The van der Waals surface area contributed by atoms with Crippen LogP contribution in [-0.4, -0.2) is 30.7 Å². The van der Waals surface area contributed by atoms with Crippen molar-refractivity contribution in [3.8, 4) is 0 Å². The van der Waals surface area contributed by atoms with Gasteiger partial charge in [0.1, 0.15) is 9.84 Å². The molecule has 5 heteroatoms. The number of hydrogen-bond acceptors (Lipinski definition) is 4. The van der Waals surface area contributed by atoms with E-state index in [9.17, 15) is 13.2 Å². The second kappa shape index (κ2) is 6.09. The van der Waals surface area contributed by atoms with Gasteiger partial charge in [-0.05, 0) is 32.4 Å². The van der Waals surface area contributed by atoms with Crippen LogP contribution in [0.4, 0.5) is 0 Å². The van der Waals surface area contributed by atoms with Gasteiger partial charge >= 0.3 is 0 Å². The van der Waals surface area contributed by atoms with Gasteiger partial charge in [0.2, 0.25) is 0 Å². The fourth-order valence-electron chi connectivity index (χ4n) is 1.74. The minimum Gasteiger partial charge on any atom is -0.294 e. The second-order valence-corrected chi connectivity index (χ2v) is 6.87. The maximum absolute atomic E-state index is 11.9. The molecule has 0 radical (unpaired) electrons. The van der Waals surface area contributed by atoms with Gasteiger partial charge in [0, 0.05) is 29.1 Å². The van der Waals surface area contributed by atoms with Gasteiger partial charge in [0.25, 0.3) is 0 Å². The van der Waals surface area contributed by atoms with E-state index in [1.807, 2.05) is 13.8 Å². The SMILES string of the molecule is CCS(=O)(=O)CCCC(=O)c1cc(C)nc(C)c1. The number of nitrogens with zero attached hydrogens (tertiary/aromatic N) is 1. The highest BCUT2D eigenvalue weighted by Gasteiger charge is 2.11. The number of hydrogen-bond donors (Lipinski definition) is 0. The predicted molar refractivity (Wildman–Crippen MR) is 71.6 cm³/mol. The lowest BCUT2D eigenvalue weighted by atomic mass is 10.1. The van der Waals surface area contributed by atoms with Crippen LogP contribution in [0, 0.1) is 13.8 Å². The highest BCUT2D eigenvalue weighted by molar-refractivity contribution is 7.91. The number of pyridine rings is 1. The Morgan fingerprint density at radius 3 is 2.28 bits per heavy atom. The lowest BCUT2D eigenvalue weighted by Gasteiger charge is -2.04. The summed E-state index contributed by atoms with van der Waals surface area (Å²) in [6, 6.07) is 3.48. The summed E-state index contributed by atoms with van der Waals surface area (Å²) in [5, 5.41) is 0. The minimum atomic E-state index is -2.98. The Balaban J connectivity index is 2.61. The Morgan fingerprint density at radius 2 is 1.78 bits per heavy atom. The predicted octanol–water partition coefficient (Wildman–Crippen LogP) is 2.10. The first-order chi connectivity index (χ1) is 8.34. The normalized spacial score (nSPS) is 11.5. The molecule has 1 aromatic rings. The number of aromatic nitrogens is 1. The van der Waals surface area contributed by atoms with Crippen molar-refractivity contribution in [3.05, 3.63) is 29.1 Å². The van der Waals surface area contributed by atoms with E-state index in [4.69, 9.17) is 0 Å². The molecule has 1 aromatic heterocycles. The Morgan fingerprint density at radius 1 is 1.22 bits per heavy atom. The van der Waals surface area contributed by atoms with Crippen LogP contribution < -0.4 is 0 Å². The Hall–Kier alpha value is -1.23. The van der Waals surface area contributed by atoms with Crippen LogP contribution in [0.5, 0.6) is 0 Å². The highest BCUT2D eigenvalue weighted by atomic mass is 32.2. The molecule has 0 saturated heterocycles. The van der Waals surface area contributed by atoms with Gasteiger partial charge in [-0.25, -0.2) is 8.42 Å². The molecule has 0 bridgehead atoms. The molecule has 100 valence electrons. The largest absolute Gasteiger partial charge is 0.294 e. The van der Waals surface area contributed by atoms with Gasteiger partial charge in [-0.3, -0.25) is 9.78 Å². The molecule has 0 fully saturated rings. The van der Waals surface area contributed by atoms with Crippen molar-refractivity contribution in [3.63, 3.8) is 0 Å². The molecule has 18 heavy (non-hydrogen) atoms. The van der Waals surface area contributed by atoms with Crippen LogP contribution in [0.2, 0.25) is 0 Å². The quantitative estimate of drug-likeness (QED) is 0.742. The van der Waals surface area contributed by atoms with Crippen LogP contribution in [-0.2, 0) is 9.84 Å². The number of Topliss-reactive ketones (excluding diaryl/α,β-unsaturated/α-hetero) is 1. The van der Waals surface area contributed by atoms with Crippen LogP contribution >= 0.6 is 0 Å². The number of carbonyl (C=O) groups is 1. The van der Waals surface area contributed by atoms with Gasteiger partial charge in [-0.1, -0.05) is 6.92 Å². The van der Waals surface area contributed by atoms with E-state index >= 15 is 0 Å². The van der Waals surface area contributed by atoms with Gasteiger partial charge < -0.3 is 0 Å². The Bertz CT molecular complexity index is 515. The first kappa shape index (κ1) is 14.8. The maximum Gasteiger partial charge on any atom is 0.163 e. The topological polar surface area (TPSA) is 64.1 Å². The molecule has 0 unspecified atom stereocenters. The van der Waals surface area contributed by atoms with Crippen molar-refractivity contribution in [1.82, 2.24) is 4.98 Å². The molecule has 1 heterocycles. The summed E-state index contributed by atoms with van der Waals surface area (Å²) in [6.45, 7) is 5.30. The summed E-state index contributed by atoms with van der Waals surface area (Å²) in [5.41, 5.74) is 2.23. The molecule has 0 amide bonds. The van der Waals surface area contributed by atoms with Crippen molar-refractivity contribution < 1.29 is 13.2 Å². The fraction of sp³-hybridized carbons (Fsp3) is 0.538. The molecule has 4 nitrogen and oxygen atoms in total. The monoisotopic (exact) mass is 269 g/mol. The summed E-state index contributed by atoms with van der Waals surface area (Å²) >= 11 is 0. The van der Waals surface area contributed by atoms with Crippen LogP contribution in [0.25, 0.3) is 0 Å². The van der Waals surface area contributed by atoms with Crippen molar-refractivity contribution in [2.45, 2.75) is 33.6 Å². The summed E-state index contributed by atoms with van der Waals surface area (Å²) in [6.07, 6.45) is 0.650. The number of rotatable bonds is 6.